The first-order valence-corrected chi connectivity index (χ1v) is 5.76. The molecule has 0 aromatic heterocycles. The zero-order valence-corrected chi connectivity index (χ0v) is 14.9. The smallest absolute Gasteiger partial charge is 0.550 e. The first-order chi connectivity index (χ1) is 8.33. The average molecular weight is 307 g/mol. The van der Waals surface area contributed by atoms with Gasteiger partial charge >= 0.3 is 46.1 Å². The minimum absolute atomic E-state index is 0. The van der Waals surface area contributed by atoms with Crippen LogP contribution in [0.4, 0.5) is 0 Å². The molecule has 0 bridgehead atoms. The molecule has 0 radical (unpaired) electrons. The van der Waals surface area contributed by atoms with Crippen molar-refractivity contribution in [2.45, 2.75) is 52.4 Å². The summed E-state index contributed by atoms with van der Waals surface area (Å²) in [5.41, 5.74) is 0. The number of hydrogen-bond acceptors (Lipinski definition) is 6. The van der Waals surface area contributed by atoms with Gasteiger partial charge in [0.1, 0.15) is 11.6 Å². The average Bonchev–Trinajstić information content (AvgIpc) is 2.16. The Hall–Kier alpha value is -0.188. The Morgan fingerprint density at radius 1 is 0.700 bits per heavy atom. The van der Waals surface area contributed by atoms with Crippen LogP contribution in [-0.2, 0) is 19.2 Å². The molecule has 20 heavy (non-hydrogen) atoms. The maximum absolute atomic E-state index is 10.4. The number of carbonyl (C=O) groups excluding carboxylic acids is 4. The van der Waals surface area contributed by atoms with Crippen LogP contribution < -0.4 is 10.2 Å². The monoisotopic (exact) mass is 306 g/mol. The summed E-state index contributed by atoms with van der Waals surface area (Å²) >= 11 is 0. The predicted molar refractivity (Wildman–Crippen MR) is 70.6 cm³/mol. The van der Waals surface area contributed by atoms with E-state index in [9.17, 15) is 29.4 Å². The number of hydrogen-bond donors (Lipinski definition) is 0. The fraction of sp³-hybridized carbons (Fsp3) is 0.667. The molecule has 0 aromatic carbocycles. The van der Waals surface area contributed by atoms with E-state index in [1.165, 1.54) is 0 Å². The second kappa shape index (κ2) is 18.8. The number of rotatable bonds is 8. The molecule has 0 spiro atoms. The molecule has 0 fully saturated rings. The Kier molecular flexibility index (Phi) is 26.4. The number of carbonyl (C=O) groups is 4. The summed E-state index contributed by atoms with van der Waals surface area (Å²) < 4.78 is 0. The van der Waals surface area contributed by atoms with Crippen LogP contribution >= 0.6 is 0 Å². The molecule has 104 valence electrons. The molecule has 0 aliphatic heterocycles. The van der Waals surface area contributed by atoms with E-state index in [1.807, 2.05) is 13.8 Å². The van der Waals surface area contributed by atoms with Gasteiger partial charge in [0, 0.05) is 37.6 Å². The first kappa shape index (κ1) is 28.0. The van der Waals surface area contributed by atoms with Crippen molar-refractivity contribution in [1.29, 1.82) is 0 Å². The van der Waals surface area contributed by atoms with Crippen molar-refractivity contribution < 1.29 is 29.4 Å². The molecule has 0 amide bonds. The Labute approximate surface area is 151 Å². The van der Waals surface area contributed by atoms with Crippen LogP contribution in [0.15, 0.2) is 0 Å². The number of ketones is 2. The van der Waals surface area contributed by atoms with Gasteiger partial charge < -0.3 is 19.8 Å². The molecule has 0 heterocycles. The Morgan fingerprint density at radius 2 is 0.950 bits per heavy atom. The third kappa shape index (κ3) is 26.4. The molecule has 6 nitrogen and oxygen atoms in total. The van der Waals surface area contributed by atoms with Gasteiger partial charge in [-0.05, 0) is 12.8 Å². The van der Waals surface area contributed by atoms with Crippen molar-refractivity contribution in [2.24, 2.45) is 0 Å². The maximum atomic E-state index is 10.4. The van der Waals surface area contributed by atoms with Crippen LogP contribution in [0.5, 0.6) is 0 Å². The summed E-state index contributed by atoms with van der Waals surface area (Å²) in [5, 5.41) is 19.5. The van der Waals surface area contributed by atoms with Crippen molar-refractivity contribution in [3.8, 4) is 0 Å². The molecular weight excluding hydrogens is 289 g/mol. The van der Waals surface area contributed by atoms with Gasteiger partial charge in [-0.3, -0.25) is 9.59 Å². The first-order valence-electron chi connectivity index (χ1n) is 5.76. The zero-order chi connectivity index (χ0) is 14.6. The molecule has 8 heteroatoms. The van der Waals surface area contributed by atoms with Gasteiger partial charge in [-0.25, -0.2) is 0 Å². The van der Waals surface area contributed by atoms with Gasteiger partial charge in [-0.15, -0.1) is 0 Å². The third-order valence-electron chi connectivity index (χ3n) is 1.74. The number of carboxylic acids is 2. The van der Waals surface area contributed by atoms with E-state index in [4.69, 9.17) is 0 Å². The molecule has 0 atom stereocenters. The predicted octanol–water partition coefficient (Wildman–Crippen LogP) is -1.77. The van der Waals surface area contributed by atoms with Gasteiger partial charge in [0.05, 0.1) is 0 Å². The van der Waals surface area contributed by atoms with Crippen molar-refractivity contribution >= 4 is 69.6 Å². The molecule has 0 aliphatic carbocycles. The SMILES string of the molecule is CCCC(=O)CC(=O)[O-].CCCC(=O)CC(=O)[O-].[Mg+2].[Mg+2]. The van der Waals surface area contributed by atoms with Crippen LogP contribution in [0.3, 0.4) is 0 Å². The van der Waals surface area contributed by atoms with Crippen LogP contribution in [0.2, 0.25) is 0 Å². The molecule has 0 aliphatic rings. The minimum atomic E-state index is -1.28. The topological polar surface area (TPSA) is 114 Å². The second-order valence-corrected chi connectivity index (χ2v) is 3.67. The molecular formula is C12H18Mg2O6+2. The Bertz CT molecular complexity index is 274. The van der Waals surface area contributed by atoms with E-state index >= 15 is 0 Å². The van der Waals surface area contributed by atoms with Crippen molar-refractivity contribution in [3.05, 3.63) is 0 Å². The molecule has 0 saturated carbocycles. The fourth-order valence-corrected chi connectivity index (χ4v) is 1.06. The van der Waals surface area contributed by atoms with Crippen LogP contribution in [0, 0.1) is 0 Å². The second-order valence-electron chi connectivity index (χ2n) is 3.67. The van der Waals surface area contributed by atoms with Gasteiger partial charge in [-0.1, -0.05) is 13.8 Å². The molecule has 0 saturated heterocycles. The molecule has 0 rings (SSSR count). The number of aliphatic carboxylic acids is 2. The summed E-state index contributed by atoms with van der Waals surface area (Å²) in [6.07, 6.45) is 1.21. The van der Waals surface area contributed by atoms with E-state index < -0.39 is 24.8 Å². The molecule has 0 unspecified atom stereocenters. The summed E-state index contributed by atoms with van der Waals surface area (Å²) in [5.74, 6) is -3.07. The summed E-state index contributed by atoms with van der Waals surface area (Å²) in [7, 11) is 0. The van der Waals surface area contributed by atoms with Crippen molar-refractivity contribution in [2.75, 3.05) is 0 Å². The van der Waals surface area contributed by atoms with Crippen LogP contribution in [-0.4, -0.2) is 69.6 Å². The summed E-state index contributed by atoms with van der Waals surface area (Å²) in [4.78, 5) is 40.4. The van der Waals surface area contributed by atoms with Gasteiger partial charge in [0.2, 0.25) is 0 Å². The van der Waals surface area contributed by atoms with E-state index in [2.05, 4.69) is 0 Å². The normalized spacial score (nSPS) is 8.10. The largest absolute Gasteiger partial charge is 2.00 e. The summed E-state index contributed by atoms with van der Waals surface area (Å²) in [6.45, 7) is 3.65. The van der Waals surface area contributed by atoms with E-state index in [0.29, 0.717) is 25.7 Å². The van der Waals surface area contributed by atoms with Gasteiger partial charge in [0.25, 0.3) is 0 Å². The van der Waals surface area contributed by atoms with Crippen LogP contribution in [0.25, 0.3) is 0 Å². The zero-order valence-electron chi connectivity index (χ0n) is 12.1. The van der Waals surface area contributed by atoms with Crippen molar-refractivity contribution in [3.63, 3.8) is 0 Å². The number of Topliss-reactive ketones (excluding diaryl/α,β-unsaturated/α-hetero) is 2. The van der Waals surface area contributed by atoms with E-state index in [-0.39, 0.29) is 57.7 Å². The van der Waals surface area contributed by atoms with E-state index in [0.717, 1.165) is 0 Å². The van der Waals surface area contributed by atoms with Gasteiger partial charge in [-0.2, -0.15) is 0 Å². The maximum Gasteiger partial charge on any atom is 2.00 e. The molecule has 0 aromatic rings. The minimum Gasteiger partial charge on any atom is -0.550 e. The number of carboxylic acid groups (broad SMARTS) is 2. The molecule has 0 N–H and O–H groups in total. The Morgan fingerprint density at radius 3 is 1.10 bits per heavy atom. The van der Waals surface area contributed by atoms with E-state index in [1.54, 1.807) is 0 Å². The van der Waals surface area contributed by atoms with Crippen LogP contribution in [0.1, 0.15) is 52.4 Å². The Balaban J connectivity index is -0.000000116. The van der Waals surface area contributed by atoms with Crippen molar-refractivity contribution in [1.82, 2.24) is 0 Å². The summed E-state index contributed by atoms with van der Waals surface area (Å²) in [6, 6.07) is 0. The quantitative estimate of drug-likeness (QED) is 0.387. The third-order valence-corrected chi connectivity index (χ3v) is 1.74. The fourth-order valence-electron chi connectivity index (χ4n) is 1.06. The van der Waals surface area contributed by atoms with Gasteiger partial charge in [0.15, 0.2) is 0 Å². The standard InChI is InChI=1S/2C6H10O3.2Mg/c2*1-2-3-5(7)4-6(8)9;;/h2*2-4H2,1H3,(H,8,9);;/q;;2*+2/p-2.